The highest BCUT2D eigenvalue weighted by Gasteiger charge is 2.35. The van der Waals surface area contributed by atoms with Crippen LogP contribution in [0.5, 0.6) is 0 Å². The lowest BCUT2D eigenvalue weighted by Crippen LogP contribution is -2.44. The molecule has 0 bridgehead atoms. The molecule has 1 aliphatic rings. The van der Waals surface area contributed by atoms with E-state index in [1.807, 2.05) is 0 Å². The predicted molar refractivity (Wildman–Crippen MR) is 58.6 cm³/mol. The minimum absolute atomic E-state index is 0.406. The second-order valence-corrected chi connectivity index (χ2v) is 4.84. The van der Waals surface area contributed by atoms with Gasteiger partial charge in [-0.2, -0.15) is 0 Å². The molecule has 0 amide bonds. The molecule has 2 rings (SSSR count). The Morgan fingerprint density at radius 1 is 1.46 bits per heavy atom. The lowest BCUT2D eigenvalue weighted by Gasteiger charge is -2.40. The summed E-state index contributed by atoms with van der Waals surface area (Å²) >= 11 is 3.49. The molecule has 3 unspecified atom stereocenters. The molecule has 0 heterocycles. The predicted octanol–water partition coefficient (Wildman–Crippen LogP) is 2.90. The zero-order chi connectivity index (χ0) is 9.42. The first kappa shape index (κ1) is 9.22. The second kappa shape index (κ2) is 3.43. The monoisotopic (exact) mass is 239 g/mol. The van der Waals surface area contributed by atoms with Crippen molar-refractivity contribution in [1.29, 1.82) is 0 Å². The minimum atomic E-state index is 0.406. The molecule has 1 aromatic rings. The second-order valence-electron chi connectivity index (χ2n) is 3.92. The Kier molecular flexibility index (Phi) is 2.43. The summed E-state index contributed by atoms with van der Waals surface area (Å²) in [6.07, 6.45) is 1.14. The summed E-state index contributed by atoms with van der Waals surface area (Å²) in [4.78, 5) is 0. The van der Waals surface area contributed by atoms with Gasteiger partial charge in [-0.15, -0.1) is 0 Å². The molecule has 13 heavy (non-hydrogen) atoms. The third-order valence-electron chi connectivity index (χ3n) is 3.11. The largest absolute Gasteiger partial charge is 0.327 e. The highest BCUT2D eigenvalue weighted by atomic mass is 79.9. The number of hydrogen-bond donors (Lipinski definition) is 1. The van der Waals surface area contributed by atoms with E-state index in [4.69, 9.17) is 5.73 Å². The van der Waals surface area contributed by atoms with Gasteiger partial charge >= 0.3 is 0 Å². The van der Waals surface area contributed by atoms with Gasteiger partial charge in [0.2, 0.25) is 0 Å². The van der Waals surface area contributed by atoms with Gasteiger partial charge in [-0.3, -0.25) is 0 Å². The molecule has 1 saturated carbocycles. The first-order chi connectivity index (χ1) is 6.18. The fourth-order valence-corrected chi connectivity index (χ4v) is 2.42. The maximum Gasteiger partial charge on any atom is 0.0178 e. The van der Waals surface area contributed by atoms with Gasteiger partial charge in [-0.1, -0.05) is 35.0 Å². The number of hydrogen-bond acceptors (Lipinski definition) is 1. The minimum Gasteiger partial charge on any atom is -0.327 e. The lowest BCUT2D eigenvalue weighted by atomic mass is 9.67. The van der Waals surface area contributed by atoms with E-state index in [9.17, 15) is 0 Å². The van der Waals surface area contributed by atoms with Crippen LogP contribution in [0.3, 0.4) is 0 Å². The smallest absolute Gasteiger partial charge is 0.0178 e. The normalized spacial score (nSPS) is 32.7. The zero-order valence-electron chi connectivity index (χ0n) is 7.70. The third kappa shape index (κ3) is 1.65. The van der Waals surface area contributed by atoms with E-state index < -0.39 is 0 Å². The standard InChI is InChI=1S/C11H14BrN/c1-7-10(6-11(7)13)8-3-2-4-9(12)5-8/h2-5,7,10-11H,6,13H2,1H3. The Hall–Kier alpha value is -0.340. The van der Waals surface area contributed by atoms with Crippen molar-refractivity contribution in [2.75, 3.05) is 0 Å². The number of rotatable bonds is 1. The Morgan fingerprint density at radius 2 is 2.23 bits per heavy atom. The van der Waals surface area contributed by atoms with Crippen molar-refractivity contribution in [2.24, 2.45) is 11.7 Å². The van der Waals surface area contributed by atoms with Gasteiger partial charge in [0, 0.05) is 10.5 Å². The first-order valence-corrected chi connectivity index (χ1v) is 5.49. The summed E-state index contributed by atoms with van der Waals surface area (Å²) in [5.74, 6) is 1.31. The van der Waals surface area contributed by atoms with E-state index >= 15 is 0 Å². The van der Waals surface area contributed by atoms with Crippen LogP contribution in [0.15, 0.2) is 28.7 Å². The summed E-state index contributed by atoms with van der Waals surface area (Å²) in [6.45, 7) is 2.24. The molecule has 1 aliphatic carbocycles. The van der Waals surface area contributed by atoms with Gasteiger partial charge in [-0.25, -0.2) is 0 Å². The Balaban J connectivity index is 2.18. The Labute approximate surface area is 87.5 Å². The maximum atomic E-state index is 5.88. The van der Waals surface area contributed by atoms with Crippen molar-refractivity contribution in [3.63, 3.8) is 0 Å². The lowest BCUT2D eigenvalue weighted by molar-refractivity contribution is 0.226. The summed E-state index contributed by atoms with van der Waals surface area (Å²) in [7, 11) is 0. The fraction of sp³-hybridized carbons (Fsp3) is 0.455. The maximum absolute atomic E-state index is 5.88. The van der Waals surface area contributed by atoms with Crippen LogP contribution in [0.4, 0.5) is 0 Å². The van der Waals surface area contributed by atoms with Gasteiger partial charge in [0.05, 0.1) is 0 Å². The van der Waals surface area contributed by atoms with Crippen LogP contribution in [0.2, 0.25) is 0 Å². The Morgan fingerprint density at radius 3 is 2.77 bits per heavy atom. The van der Waals surface area contributed by atoms with Crippen LogP contribution in [0.25, 0.3) is 0 Å². The third-order valence-corrected chi connectivity index (χ3v) is 3.61. The molecule has 0 aliphatic heterocycles. The molecule has 2 N–H and O–H groups in total. The van der Waals surface area contributed by atoms with Crippen LogP contribution in [0.1, 0.15) is 24.8 Å². The van der Waals surface area contributed by atoms with Crippen molar-refractivity contribution in [3.05, 3.63) is 34.3 Å². The van der Waals surface area contributed by atoms with Crippen LogP contribution in [-0.4, -0.2) is 6.04 Å². The molecule has 0 spiro atoms. The van der Waals surface area contributed by atoms with E-state index in [0.717, 1.165) is 10.9 Å². The average Bonchev–Trinajstić information content (AvgIpc) is 2.13. The molecule has 3 atom stereocenters. The average molecular weight is 240 g/mol. The van der Waals surface area contributed by atoms with Crippen LogP contribution >= 0.6 is 15.9 Å². The zero-order valence-corrected chi connectivity index (χ0v) is 9.29. The quantitative estimate of drug-likeness (QED) is 0.802. The van der Waals surface area contributed by atoms with Gasteiger partial charge in [0.1, 0.15) is 0 Å². The molecule has 0 saturated heterocycles. The number of benzene rings is 1. The highest BCUT2D eigenvalue weighted by Crippen LogP contribution is 2.41. The van der Waals surface area contributed by atoms with Gasteiger partial charge in [0.15, 0.2) is 0 Å². The summed E-state index contributed by atoms with van der Waals surface area (Å²) in [5.41, 5.74) is 7.30. The molecule has 1 fully saturated rings. The topological polar surface area (TPSA) is 26.0 Å². The van der Waals surface area contributed by atoms with E-state index in [0.29, 0.717) is 17.9 Å². The van der Waals surface area contributed by atoms with Crippen molar-refractivity contribution in [1.82, 2.24) is 0 Å². The number of halogens is 1. The van der Waals surface area contributed by atoms with Gasteiger partial charge in [0.25, 0.3) is 0 Å². The molecule has 0 radical (unpaired) electrons. The van der Waals surface area contributed by atoms with E-state index in [1.165, 1.54) is 5.56 Å². The van der Waals surface area contributed by atoms with Crippen LogP contribution in [0, 0.1) is 5.92 Å². The highest BCUT2D eigenvalue weighted by molar-refractivity contribution is 9.10. The number of nitrogens with two attached hydrogens (primary N) is 1. The fourth-order valence-electron chi connectivity index (χ4n) is 2.00. The molecule has 2 heteroatoms. The SMILES string of the molecule is CC1C(N)CC1c1cccc(Br)c1. The molecular weight excluding hydrogens is 226 g/mol. The van der Waals surface area contributed by atoms with Crippen molar-refractivity contribution in [2.45, 2.75) is 25.3 Å². The summed E-state index contributed by atoms with van der Waals surface area (Å²) in [5, 5.41) is 0. The van der Waals surface area contributed by atoms with E-state index in [2.05, 4.69) is 47.1 Å². The van der Waals surface area contributed by atoms with Gasteiger partial charge in [-0.05, 0) is 36.0 Å². The first-order valence-electron chi connectivity index (χ1n) is 4.69. The molecule has 1 nitrogen and oxygen atoms in total. The summed E-state index contributed by atoms with van der Waals surface area (Å²) in [6, 6.07) is 8.96. The molecule has 70 valence electrons. The van der Waals surface area contributed by atoms with Crippen molar-refractivity contribution in [3.8, 4) is 0 Å². The van der Waals surface area contributed by atoms with Crippen LogP contribution < -0.4 is 5.73 Å². The Bertz CT molecular complexity index is 311. The molecular formula is C11H14BrN. The van der Waals surface area contributed by atoms with Crippen molar-refractivity contribution < 1.29 is 0 Å². The van der Waals surface area contributed by atoms with Gasteiger partial charge < -0.3 is 5.73 Å². The summed E-state index contributed by atoms with van der Waals surface area (Å²) < 4.78 is 1.16. The van der Waals surface area contributed by atoms with E-state index in [-0.39, 0.29) is 0 Å². The van der Waals surface area contributed by atoms with E-state index in [1.54, 1.807) is 0 Å². The van der Waals surface area contributed by atoms with Crippen molar-refractivity contribution >= 4 is 15.9 Å². The van der Waals surface area contributed by atoms with Crippen LogP contribution in [-0.2, 0) is 0 Å². The molecule has 0 aromatic heterocycles. The molecule has 1 aromatic carbocycles.